The van der Waals surface area contributed by atoms with E-state index in [0.717, 1.165) is 36.3 Å². The van der Waals surface area contributed by atoms with Gasteiger partial charge in [-0.15, -0.1) is 0 Å². The van der Waals surface area contributed by atoms with Crippen LogP contribution in [0.4, 0.5) is 0 Å². The first-order valence-corrected chi connectivity index (χ1v) is 10.3. The molecule has 1 saturated heterocycles. The number of piperidine rings is 1. The van der Waals surface area contributed by atoms with Gasteiger partial charge in [-0.1, -0.05) is 19.9 Å². The van der Waals surface area contributed by atoms with Crippen LogP contribution in [0.25, 0.3) is 0 Å². The predicted molar refractivity (Wildman–Crippen MR) is 95.2 cm³/mol. The molecule has 2 N–H and O–H groups in total. The second-order valence-electron chi connectivity index (χ2n) is 9.81. The van der Waals surface area contributed by atoms with Crippen LogP contribution in [0, 0.1) is 28.6 Å². The van der Waals surface area contributed by atoms with Crippen LogP contribution in [0.1, 0.15) is 71.6 Å². The van der Waals surface area contributed by atoms with E-state index >= 15 is 0 Å². The molecular weight excluding hydrogens is 296 g/mol. The van der Waals surface area contributed by atoms with Gasteiger partial charge < -0.3 is 10.6 Å². The van der Waals surface area contributed by atoms with Crippen molar-refractivity contribution in [3.8, 4) is 0 Å². The average Bonchev–Trinajstić information content (AvgIpc) is 3.31. The van der Waals surface area contributed by atoms with Crippen LogP contribution in [0.3, 0.4) is 0 Å². The second kappa shape index (κ2) is 5.09. The first-order chi connectivity index (χ1) is 11.5. The fraction of sp³-hybridized carbons (Fsp3) is 0.857. The van der Waals surface area contributed by atoms with E-state index in [1.165, 1.54) is 50.6 Å². The van der Waals surface area contributed by atoms with Crippen molar-refractivity contribution < 1.29 is 4.79 Å². The average molecular weight is 329 g/mol. The Balaban J connectivity index is 1.43. The molecule has 132 valence electrons. The number of amides is 1. The highest BCUT2D eigenvalue weighted by atomic mass is 16.1. The Hall–Kier alpha value is -0.830. The van der Waals surface area contributed by atoms with E-state index in [4.69, 9.17) is 0 Å². The number of hydrogen-bond acceptors (Lipinski definition) is 2. The predicted octanol–water partition coefficient (Wildman–Crippen LogP) is 3.75. The first kappa shape index (κ1) is 15.4. The Labute approximate surface area is 146 Å². The molecule has 0 spiro atoms. The zero-order chi connectivity index (χ0) is 16.5. The molecule has 4 aliphatic carbocycles. The van der Waals surface area contributed by atoms with E-state index in [0.29, 0.717) is 11.8 Å². The van der Waals surface area contributed by atoms with Crippen molar-refractivity contribution in [3.63, 3.8) is 0 Å². The Kier molecular flexibility index (Phi) is 3.27. The van der Waals surface area contributed by atoms with Gasteiger partial charge in [-0.3, -0.25) is 4.79 Å². The van der Waals surface area contributed by atoms with Crippen LogP contribution < -0.4 is 10.6 Å². The standard InChI is InChI=1S/C21H32N2O/c1-20-11-9-16-14(15(20)6-8-17(20)22-13-3-4-13)5-7-18-21(16,2)12-10-19(24)23-18/h7,13-17,22H,3-6,8-12H2,1-2H3,(H,23,24)/t14-,15-,16+,17?,20-,21+/m0/s1. The van der Waals surface area contributed by atoms with Gasteiger partial charge in [0.25, 0.3) is 0 Å². The van der Waals surface area contributed by atoms with Gasteiger partial charge in [-0.05, 0) is 74.5 Å². The van der Waals surface area contributed by atoms with Crippen molar-refractivity contribution in [1.82, 2.24) is 10.6 Å². The lowest BCUT2D eigenvalue weighted by Crippen LogP contribution is -2.55. The van der Waals surface area contributed by atoms with E-state index < -0.39 is 0 Å². The van der Waals surface area contributed by atoms with Gasteiger partial charge in [-0.2, -0.15) is 0 Å². The molecular formula is C21H32N2O. The quantitative estimate of drug-likeness (QED) is 0.810. The van der Waals surface area contributed by atoms with E-state index in [-0.39, 0.29) is 11.3 Å². The number of allylic oxidation sites excluding steroid dienone is 2. The molecule has 0 aromatic rings. The molecule has 0 radical (unpaired) electrons. The summed E-state index contributed by atoms with van der Waals surface area (Å²) in [6, 6.07) is 1.58. The van der Waals surface area contributed by atoms with Crippen LogP contribution in [0.2, 0.25) is 0 Å². The summed E-state index contributed by atoms with van der Waals surface area (Å²) >= 11 is 0. The number of nitrogens with one attached hydrogen (secondary N) is 2. The summed E-state index contributed by atoms with van der Waals surface area (Å²) in [5, 5.41) is 7.20. The smallest absolute Gasteiger partial charge is 0.224 e. The highest BCUT2D eigenvalue weighted by molar-refractivity contribution is 5.79. The molecule has 4 fully saturated rings. The van der Waals surface area contributed by atoms with Gasteiger partial charge in [0.05, 0.1) is 0 Å². The molecule has 5 aliphatic rings. The summed E-state index contributed by atoms with van der Waals surface area (Å²) in [6.45, 7) is 5.03. The van der Waals surface area contributed by atoms with Crippen molar-refractivity contribution in [2.75, 3.05) is 0 Å². The summed E-state index contributed by atoms with van der Waals surface area (Å²) in [4.78, 5) is 11.8. The zero-order valence-electron chi connectivity index (χ0n) is 15.2. The number of rotatable bonds is 2. The van der Waals surface area contributed by atoms with Crippen LogP contribution in [0.15, 0.2) is 11.8 Å². The summed E-state index contributed by atoms with van der Waals surface area (Å²) in [5.41, 5.74) is 1.98. The molecule has 3 heteroatoms. The SMILES string of the molecule is C[C@]12CCC(=O)NC1=CC[C@@H]1[C@H]2CC[C@]2(C)C(NC3CC3)CC[C@@H]12. The monoisotopic (exact) mass is 328 g/mol. The third kappa shape index (κ3) is 2.09. The van der Waals surface area contributed by atoms with Gasteiger partial charge in [0.1, 0.15) is 0 Å². The topological polar surface area (TPSA) is 41.1 Å². The number of carbonyl (C=O) groups excluding carboxylic acids is 1. The number of fused-ring (bicyclic) bond motifs is 5. The second-order valence-corrected chi connectivity index (χ2v) is 9.81. The first-order valence-electron chi connectivity index (χ1n) is 10.3. The zero-order valence-corrected chi connectivity index (χ0v) is 15.2. The number of carbonyl (C=O) groups is 1. The molecule has 1 unspecified atom stereocenters. The highest BCUT2D eigenvalue weighted by Crippen LogP contribution is 2.63. The summed E-state index contributed by atoms with van der Waals surface area (Å²) in [6.07, 6.45) is 13.7. The Morgan fingerprint density at radius 1 is 1.08 bits per heavy atom. The largest absolute Gasteiger partial charge is 0.330 e. The minimum atomic E-state index is 0.222. The normalized spacial score (nSPS) is 50.4. The Morgan fingerprint density at radius 3 is 2.71 bits per heavy atom. The molecule has 6 atom stereocenters. The third-order valence-corrected chi connectivity index (χ3v) is 8.62. The van der Waals surface area contributed by atoms with E-state index in [1.807, 2.05) is 0 Å². The Bertz CT molecular complexity index is 595. The molecule has 0 aromatic heterocycles. The van der Waals surface area contributed by atoms with Gasteiger partial charge >= 0.3 is 0 Å². The summed E-state index contributed by atoms with van der Waals surface area (Å²) in [5.74, 6) is 2.71. The van der Waals surface area contributed by atoms with Crippen LogP contribution in [-0.4, -0.2) is 18.0 Å². The van der Waals surface area contributed by atoms with Crippen LogP contribution >= 0.6 is 0 Å². The van der Waals surface area contributed by atoms with Gasteiger partial charge in [0.2, 0.25) is 5.91 Å². The van der Waals surface area contributed by atoms with Crippen molar-refractivity contribution >= 4 is 5.91 Å². The maximum Gasteiger partial charge on any atom is 0.224 e. The van der Waals surface area contributed by atoms with Gasteiger partial charge in [0, 0.05) is 29.6 Å². The molecule has 1 aliphatic heterocycles. The van der Waals surface area contributed by atoms with Gasteiger partial charge in [0.15, 0.2) is 0 Å². The molecule has 1 amide bonds. The maximum atomic E-state index is 11.8. The maximum absolute atomic E-state index is 11.8. The minimum absolute atomic E-state index is 0.222. The molecule has 0 bridgehead atoms. The summed E-state index contributed by atoms with van der Waals surface area (Å²) in [7, 11) is 0. The van der Waals surface area contributed by atoms with Crippen molar-refractivity contribution in [1.29, 1.82) is 0 Å². The molecule has 24 heavy (non-hydrogen) atoms. The minimum Gasteiger partial charge on any atom is -0.330 e. The van der Waals surface area contributed by atoms with E-state index in [2.05, 4.69) is 30.6 Å². The Morgan fingerprint density at radius 2 is 1.92 bits per heavy atom. The van der Waals surface area contributed by atoms with E-state index in [1.54, 1.807) is 0 Å². The van der Waals surface area contributed by atoms with E-state index in [9.17, 15) is 4.79 Å². The molecule has 3 nitrogen and oxygen atoms in total. The van der Waals surface area contributed by atoms with Crippen molar-refractivity contribution in [2.45, 2.75) is 83.7 Å². The summed E-state index contributed by atoms with van der Waals surface area (Å²) < 4.78 is 0. The lowest BCUT2D eigenvalue weighted by molar-refractivity contribution is -0.125. The lowest BCUT2D eigenvalue weighted by Gasteiger charge is -2.57. The lowest BCUT2D eigenvalue weighted by atomic mass is 9.49. The van der Waals surface area contributed by atoms with Gasteiger partial charge in [-0.25, -0.2) is 0 Å². The molecule has 0 aromatic carbocycles. The van der Waals surface area contributed by atoms with Crippen LogP contribution in [0.5, 0.6) is 0 Å². The fourth-order valence-corrected chi connectivity index (χ4v) is 7.00. The third-order valence-electron chi connectivity index (χ3n) is 8.62. The molecule has 5 rings (SSSR count). The molecule has 3 saturated carbocycles. The molecule has 1 heterocycles. The van der Waals surface area contributed by atoms with Crippen molar-refractivity contribution in [3.05, 3.63) is 11.8 Å². The highest BCUT2D eigenvalue weighted by Gasteiger charge is 2.59. The number of hydrogen-bond donors (Lipinski definition) is 2. The fourth-order valence-electron chi connectivity index (χ4n) is 7.00. The van der Waals surface area contributed by atoms with Crippen molar-refractivity contribution in [2.24, 2.45) is 28.6 Å². The van der Waals surface area contributed by atoms with Crippen LogP contribution in [-0.2, 0) is 4.79 Å².